The van der Waals surface area contributed by atoms with Gasteiger partial charge in [-0.05, 0) is 17.7 Å². The van der Waals surface area contributed by atoms with Gasteiger partial charge in [-0.25, -0.2) is 4.98 Å². The molecule has 2 heterocycles. The molecular weight excluding hydrogens is 264 g/mol. The van der Waals surface area contributed by atoms with Crippen LogP contribution in [0.1, 0.15) is 0 Å². The smallest absolute Gasteiger partial charge is 0.184 e. The minimum absolute atomic E-state index is 0.556. The maximum absolute atomic E-state index is 6.06. The second-order valence-corrected chi connectivity index (χ2v) is 5.33. The summed E-state index contributed by atoms with van der Waals surface area (Å²) in [7, 11) is 0. The molecule has 0 spiro atoms. The van der Waals surface area contributed by atoms with Crippen LogP contribution in [0, 0.1) is 0 Å². The van der Waals surface area contributed by atoms with E-state index in [0.717, 1.165) is 21.7 Å². The minimum atomic E-state index is 0.556. The van der Waals surface area contributed by atoms with Crippen molar-refractivity contribution in [1.82, 2.24) is 9.97 Å². The molecule has 0 saturated heterocycles. The van der Waals surface area contributed by atoms with Crippen molar-refractivity contribution in [2.45, 2.75) is 0 Å². The number of nitrogens with zero attached hydrogens (tertiary/aromatic N) is 2. The molecule has 3 aromatic rings. The van der Waals surface area contributed by atoms with Crippen molar-refractivity contribution >= 4 is 22.9 Å². The molecule has 1 aromatic carbocycles. The average Bonchev–Trinajstić information content (AvgIpc) is 2.83. The van der Waals surface area contributed by atoms with Gasteiger partial charge < -0.3 is 0 Å². The zero-order chi connectivity index (χ0) is 12.4. The van der Waals surface area contributed by atoms with E-state index >= 15 is 0 Å². The van der Waals surface area contributed by atoms with Crippen LogP contribution < -0.4 is 0 Å². The van der Waals surface area contributed by atoms with Crippen LogP contribution >= 0.6 is 22.9 Å². The van der Waals surface area contributed by atoms with Gasteiger partial charge >= 0.3 is 0 Å². The van der Waals surface area contributed by atoms with Gasteiger partial charge in [-0.15, -0.1) is 11.3 Å². The highest BCUT2D eigenvalue weighted by Crippen LogP contribution is 2.38. The summed E-state index contributed by atoms with van der Waals surface area (Å²) in [5, 5.41) is 0. The Hall–Kier alpha value is -1.71. The molecule has 0 fully saturated rings. The fraction of sp³-hybridized carbons (Fsp3) is 0. The van der Waals surface area contributed by atoms with Crippen LogP contribution in [-0.4, -0.2) is 9.97 Å². The SMILES string of the molecule is Clc1nc(-c2ccccc2)c(-c2ccncc2)s1. The summed E-state index contributed by atoms with van der Waals surface area (Å²) in [6.45, 7) is 0. The van der Waals surface area contributed by atoms with Gasteiger partial charge in [-0.1, -0.05) is 41.9 Å². The first-order chi connectivity index (χ1) is 8.84. The van der Waals surface area contributed by atoms with Crippen molar-refractivity contribution in [2.75, 3.05) is 0 Å². The fourth-order valence-electron chi connectivity index (χ4n) is 1.78. The van der Waals surface area contributed by atoms with Crippen LogP contribution in [0.15, 0.2) is 54.9 Å². The maximum Gasteiger partial charge on any atom is 0.184 e. The van der Waals surface area contributed by atoms with E-state index in [1.807, 2.05) is 42.5 Å². The molecule has 0 aliphatic carbocycles. The minimum Gasteiger partial charge on any atom is -0.265 e. The summed E-state index contributed by atoms with van der Waals surface area (Å²) in [6.07, 6.45) is 3.55. The quantitative estimate of drug-likeness (QED) is 0.685. The van der Waals surface area contributed by atoms with Crippen molar-refractivity contribution in [2.24, 2.45) is 0 Å². The molecule has 0 atom stereocenters. The molecule has 18 heavy (non-hydrogen) atoms. The van der Waals surface area contributed by atoms with E-state index in [-0.39, 0.29) is 0 Å². The van der Waals surface area contributed by atoms with Gasteiger partial charge in [0.1, 0.15) is 0 Å². The summed E-state index contributed by atoms with van der Waals surface area (Å²) in [5.41, 5.74) is 3.09. The van der Waals surface area contributed by atoms with Crippen LogP contribution in [-0.2, 0) is 0 Å². The number of aromatic nitrogens is 2. The van der Waals surface area contributed by atoms with Gasteiger partial charge in [0.25, 0.3) is 0 Å². The number of rotatable bonds is 2. The molecule has 2 nitrogen and oxygen atoms in total. The number of thiazole rings is 1. The van der Waals surface area contributed by atoms with Crippen LogP contribution in [0.5, 0.6) is 0 Å². The summed E-state index contributed by atoms with van der Waals surface area (Å²) in [5.74, 6) is 0. The Balaban J connectivity index is 2.17. The molecule has 2 aromatic heterocycles. The molecule has 3 rings (SSSR count). The van der Waals surface area contributed by atoms with Crippen LogP contribution in [0.4, 0.5) is 0 Å². The number of hydrogen-bond donors (Lipinski definition) is 0. The van der Waals surface area contributed by atoms with Gasteiger partial charge in [-0.2, -0.15) is 0 Å². The van der Waals surface area contributed by atoms with E-state index in [0.29, 0.717) is 4.47 Å². The highest BCUT2D eigenvalue weighted by atomic mass is 35.5. The maximum atomic E-state index is 6.06. The van der Waals surface area contributed by atoms with Gasteiger partial charge in [0.15, 0.2) is 4.47 Å². The summed E-state index contributed by atoms with van der Waals surface area (Å²) >= 11 is 7.55. The van der Waals surface area contributed by atoms with Crippen molar-refractivity contribution < 1.29 is 0 Å². The Morgan fingerprint density at radius 1 is 0.889 bits per heavy atom. The van der Waals surface area contributed by atoms with Crippen molar-refractivity contribution in [1.29, 1.82) is 0 Å². The number of hydrogen-bond acceptors (Lipinski definition) is 3. The number of pyridine rings is 1. The average molecular weight is 273 g/mol. The summed E-state index contributed by atoms with van der Waals surface area (Å²) < 4.78 is 0.556. The Bertz CT molecular complexity index is 593. The normalized spacial score (nSPS) is 10.5. The molecule has 88 valence electrons. The van der Waals surface area contributed by atoms with Crippen LogP contribution in [0.3, 0.4) is 0 Å². The molecule has 0 radical (unpaired) electrons. The first kappa shape index (κ1) is 11.4. The predicted octanol–water partition coefficient (Wildman–Crippen LogP) is 4.53. The highest BCUT2D eigenvalue weighted by Gasteiger charge is 2.13. The molecule has 0 bridgehead atoms. The lowest BCUT2D eigenvalue weighted by Gasteiger charge is -2.01. The third-order valence-electron chi connectivity index (χ3n) is 2.59. The zero-order valence-electron chi connectivity index (χ0n) is 9.38. The Kier molecular flexibility index (Phi) is 3.09. The fourth-order valence-corrected chi connectivity index (χ4v) is 2.92. The van der Waals surface area contributed by atoms with Gasteiger partial charge in [0.05, 0.1) is 10.6 Å². The molecular formula is C14H9ClN2S. The second-order valence-electron chi connectivity index (χ2n) is 3.75. The lowest BCUT2D eigenvalue weighted by atomic mass is 10.1. The molecule has 0 aliphatic rings. The van der Waals surface area contributed by atoms with Crippen LogP contribution in [0.25, 0.3) is 21.7 Å². The lowest BCUT2D eigenvalue weighted by Crippen LogP contribution is -1.81. The van der Waals surface area contributed by atoms with E-state index < -0.39 is 0 Å². The summed E-state index contributed by atoms with van der Waals surface area (Å²) in [6, 6.07) is 14.0. The van der Waals surface area contributed by atoms with E-state index in [2.05, 4.69) is 9.97 Å². The first-order valence-electron chi connectivity index (χ1n) is 5.47. The first-order valence-corrected chi connectivity index (χ1v) is 6.66. The molecule has 0 saturated carbocycles. The van der Waals surface area contributed by atoms with E-state index in [9.17, 15) is 0 Å². The van der Waals surface area contributed by atoms with Gasteiger partial charge in [-0.3, -0.25) is 4.98 Å². The monoisotopic (exact) mass is 272 g/mol. The largest absolute Gasteiger partial charge is 0.265 e. The Morgan fingerprint density at radius 2 is 1.61 bits per heavy atom. The van der Waals surface area contributed by atoms with Crippen molar-refractivity contribution in [3.63, 3.8) is 0 Å². The van der Waals surface area contributed by atoms with E-state index in [1.165, 1.54) is 11.3 Å². The number of benzene rings is 1. The third kappa shape index (κ3) is 2.15. The van der Waals surface area contributed by atoms with Crippen LogP contribution in [0.2, 0.25) is 4.47 Å². The topological polar surface area (TPSA) is 25.8 Å². The van der Waals surface area contributed by atoms with Gasteiger partial charge in [0.2, 0.25) is 0 Å². The highest BCUT2D eigenvalue weighted by molar-refractivity contribution is 7.19. The third-order valence-corrected chi connectivity index (χ3v) is 3.80. The summed E-state index contributed by atoms with van der Waals surface area (Å²) in [4.78, 5) is 9.53. The Morgan fingerprint density at radius 3 is 2.33 bits per heavy atom. The lowest BCUT2D eigenvalue weighted by molar-refractivity contribution is 1.33. The molecule has 0 aliphatic heterocycles. The molecule has 0 amide bonds. The molecule has 0 N–H and O–H groups in total. The Labute approximate surface area is 114 Å². The van der Waals surface area contributed by atoms with Crippen molar-refractivity contribution in [3.05, 3.63) is 59.3 Å². The molecule has 0 unspecified atom stereocenters. The second kappa shape index (κ2) is 4.88. The van der Waals surface area contributed by atoms with Crippen molar-refractivity contribution in [3.8, 4) is 21.7 Å². The standard InChI is InChI=1S/C14H9ClN2S/c15-14-17-12(10-4-2-1-3-5-10)13(18-14)11-6-8-16-9-7-11/h1-9H. The molecule has 4 heteroatoms. The number of halogens is 1. The predicted molar refractivity (Wildman–Crippen MR) is 75.8 cm³/mol. The van der Waals surface area contributed by atoms with E-state index in [4.69, 9.17) is 11.6 Å². The van der Waals surface area contributed by atoms with Gasteiger partial charge in [0, 0.05) is 18.0 Å². The zero-order valence-corrected chi connectivity index (χ0v) is 10.9. The van der Waals surface area contributed by atoms with E-state index in [1.54, 1.807) is 12.4 Å².